The lowest BCUT2D eigenvalue weighted by atomic mass is 9.84. The van der Waals surface area contributed by atoms with E-state index in [0.29, 0.717) is 56.8 Å². The van der Waals surface area contributed by atoms with Crippen LogP contribution in [0.4, 0.5) is 18.0 Å². The molecule has 0 bridgehead atoms. The molecule has 1 aliphatic heterocycles. The van der Waals surface area contributed by atoms with Crippen molar-refractivity contribution in [3.8, 4) is 21.8 Å². The standard InChI is InChI=1S/C54H66F3N7O7SSi/c1-34(69-10)45-38(23-17-27-58-45)46-40(31-53(8,9)33-70-73(52(5,6)7,36-19-13-11-14-20-36)37-21-15-12-16-22-37)39-29-35(25-26-43(39)63(46)32-54(55,56)57)47-60-44(62-72-47)30-42(59-50(68)71-51(2,3)4)48(65)64-28-18-24-41(61-64)49(66)67/h11-17,19-23,25-27,29,34,41-42,61H,18,24,28,30-33H2,1-10H3,(H,59,68)(H,66,67)/t34-,41?,42?/m0/s1. The molecule has 2 unspecified atom stereocenters. The second-order valence-corrected chi connectivity index (χ2v) is 26.5. The van der Waals surface area contributed by atoms with Gasteiger partial charge in [0.05, 0.1) is 17.5 Å². The number of carboxylic acid groups (broad SMARTS) is 1. The Morgan fingerprint density at radius 3 is 2.18 bits per heavy atom. The van der Waals surface area contributed by atoms with E-state index < -0.39 is 68.2 Å². The number of hydrazine groups is 1. The zero-order valence-corrected chi connectivity index (χ0v) is 44.9. The number of amides is 2. The van der Waals surface area contributed by atoms with Gasteiger partial charge < -0.3 is 28.9 Å². The molecule has 7 rings (SSSR count). The molecular weight excluding hydrogens is 976 g/mol. The third kappa shape index (κ3) is 12.7. The van der Waals surface area contributed by atoms with Gasteiger partial charge in [0, 0.05) is 54.9 Å². The van der Waals surface area contributed by atoms with Crippen LogP contribution in [0.15, 0.2) is 97.2 Å². The number of hydrogen-bond acceptors (Lipinski definition) is 11. The van der Waals surface area contributed by atoms with Gasteiger partial charge in [0.15, 0.2) is 0 Å². The van der Waals surface area contributed by atoms with Crippen molar-refractivity contribution >= 4 is 59.1 Å². The van der Waals surface area contributed by atoms with Crippen molar-refractivity contribution < 1.29 is 46.6 Å². The van der Waals surface area contributed by atoms with Crippen molar-refractivity contribution in [3.63, 3.8) is 0 Å². The van der Waals surface area contributed by atoms with Crippen LogP contribution >= 0.6 is 11.5 Å². The van der Waals surface area contributed by atoms with Gasteiger partial charge in [-0.05, 0) is 115 Å². The third-order valence-electron chi connectivity index (χ3n) is 12.9. The Hall–Kier alpha value is -5.99. The highest BCUT2D eigenvalue weighted by Crippen LogP contribution is 2.44. The molecule has 0 saturated carbocycles. The van der Waals surface area contributed by atoms with Crippen molar-refractivity contribution in [1.29, 1.82) is 0 Å². The minimum atomic E-state index is -4.61. The molecular formula is C54H66F3N7O7SSi. The lowest BCUT2D eigenvalue weighted by Crippen LogP contribution is -2.67. The molecule has 0 aliphatic carbocycles. The SMILES string of the molecule is CO[C@@H](C)c1ncccc1-c1c(CC(C)(C)CO[Si](c2ccccc2)(c2ccccc2)C(C)(C)C)c2cc(-c3nc(CC(NC(=O)OC(C)(C)C)C(=O)N4CCCC(C(=O)O)N4)ns3)ccc2n1CC(F)(F)F. The number of aliphatic carboxylic acids is 1. The molecule has 3 aromatic carbocycles. The molecule has 14 nitrogen and oxygen atoms in total. The first kappa shape index (κ1) is 54.8. The van der Waals surface area contributed by atoms with Gasteiger partial charge in [0.2, 0.25) is 0 Å². The number of carbonyl (C=O) groups excluding carboxylic acids is 2. The minimum Gasteiger partial charge on any atom is -0.480 e. The molecule has 6 aromatic rings. The van der Waals surface area contributed by atoms with Crippen LogP contribution in [0.3, 0.4) is 0 Å². The summed E-state index contributed by atoms with van der Waals surface area (Å²) in [6.07, 6.45) is -3.58. The first-order valence-electron chi connectivity index (χ1n) is 24.4. The van der Waals surface area contributed by atoms with E-state index in [0.717, 1.165) is 21.9 Å². The number of ether oxygens (including phenoxy) is 2. The van der Waals surface area contributed by atoms with Gasteiger partial charge in [0.1, 0.15) is 35.1 Å². The van der Waals surface area contributed by atoms with Crippen LogP contribution in [0.25, 0.3) is 32.7 Å². The van der Waals surface area contributed by atoms with Crippen molar-refractivity contribution in [2.75, 3.05) is 20.3 Å². The van der Waals surface area contributed by atoms with E-state index in [-0.39, 0.29) is 36.9 Å². The van der Waals surface area contributed by atoms with E-state index in [1.54, 1.807) is 51.2 Å². The van der Waals surface area contributed by atoms with Crippen LogP contribution in [0.5, 0.6) is 0 Å². The van der Waals surface area contributed by atoms with E-state index >= 15 is 0 Å². The van der Waals surface area contributed by atoms with Crippen LogP contribution in [0.2, 0.25) is 5.04 Å². The Balaban J connectivity index is 1.34. The van der Waals surface area contributed by atoms with Gasteiger partial charge in [-0.15, -0.1) is 0 Å². The molecule has 3 atom stereocenters. The van der Waals surface area contributed by atoms with Crippen LogP contribution < -0.4 is 21.1 Å². The number of alkyl halides is 3. The number of carbonyl (C=O) groups is 3. The van der Waals surface area contributed by atoms with Gasteiger partial charge in [-0.25, -0.2) is 15.2 Å². The van der Waals surface area contributed by atoms with Crippen molar-refractivity contribution in [2.24, 2.45) is 5.41 Å². The number of alkyl carbamates (subject to hydrolysis) is 1. The van der Waals surface area contributed by atoms with Crippen molar-refractivity contribution in [3.05, 3.63) is 114 Å². The molecule has 2 amide bonds. The highest BCUT2D eigenvalue weighted by atomic mass is 32.1. The van der Waals surface area contributed by atoms with Crippen LogP contribution in [0.1, 0.15) is 98.3 Å². The van der Waals surface area contributed by atoms with E-state index in [1.807, 2.05) is 49.4 Å². The summed E-state index contributed by atoms with van der Waals surface area (Å²) in [7, 11) is -1.51. The van der Waals surface area contributed by atoms with Crippen LogP contribution in [0, 0.1) is 5.41 Å². The molecule has 390 valence electrons. The molecule has 0 spiro atoms. The van der Waals surface area contributed by atoms with Gasteiger partial charge in [0.25, 0.3) is 14.2 Å². The number of methoxy groups -OCH3 is 1. The maximum atomic E-state index is 15.0. The summed E-state index contributed by atoms with van der Waals surface area (Å²) in [5.41, 5.74) is 4.11. The fourth-order valence-electron chi connectivity index (χ4n) is 9.63. The summed E-state index contributed by atoms with van der Waals surface area (Å²) in [4.78, 5) is 48.5. The molecule has 73 heavy (non-hydrogen) atoms. The number of fused-ring (bicyclic) bond motifs is 1. The zero-order chi connectivity index (χ0) is 53.1. The van der Waals surface area contributed by atoms with E-state index in [9.17, 15) is 32.7 Å². The molecule has 1 saturated heterocycles. The first-order valence-corrected chi connectivity index (χ1v) is 27.1. The Morgan fingerprint density at radius 2 is 1.59 bits per heavy atom. The minimum absolute atomic E-state index is 0.176. The number of benzene rings is 3. The maximum absolute atomic E-state index is 15.0. The van der Waals surface area contributed by atoms with Gasteiger partial charge in [-0.3, -0.25) is 19.6 Å². The molecule has 0 radical (unpaired) electrons. The fourth-order valence-corrected chi connectivity index (χ4v) is 15.1. The summed E-state index contributed by atoms with van der Waals surface area (Å²) in [5, 5.41) is 16.4. The van der Waals surface area contributed by atoms with Crippen molar-refractivity contribution in [2.45, 2.75) is 130 Å². The second-order valence-electron chi connectivity index (χ2n) is 21.4. The van der Waals surface area contributed by atoms with E-state index in [1.165, 1.54) is 16.7 Å². The number of aromatic nitrogens is 4. The summed E-state index contributed by atoms with van der Waals surface area (Å²) in [6.45, 7) is 16.8. The number of rotatable bonds is 17. The predicted octanol–water partition coefficient (Wildman–Crippen LogP) is 9.65. The number of hydrogen-bond donors (Lipinski definition) is 3. The number of pyridine rings is 1. The Labute approximate surface area is 429 Å². The summed E-state index contributed by atoms with van der Waals surface area (Å²) in [6, 6.07) is 27.0. The Bertz CT molecular complexity index is 2860. The van der Waals surface area contributed by atoms with Gasteiger partial charge in [-0.1, -0.05) is 95.3 Å². The Kier molecular flexibility index (Phi) is 16.4. The number of carboxylic acids is 1. The number of nitrogens with zero attached hydrogens (tertiary/aromatic N) is 5. The molecule has 1 fully saturated rings. The van der Waals surface area contributed by atoms with Gasteiger partial charge >= 0.3 is 18.2 Å². The lowest BCUT2D eigenvalue weighted by molar-refractivity contribution is -0.148. The second kappa shape index (κ2) is 21.8. The average Bonchev–Trinajstić information content (AvgIpc) is 3.91. The zero-order valence-electron chi connectivity index (χ0n) is 43.1. The molecule has 1 aliphatic rings. The monoisotopic (exact) mass is 1040 g/mol. The average molecular weight is 1040 g/mol. The van der Waals surface area contributed by atoms with Gasteiger partial charge in [-0.2, -0.15) is 17.5 Å². The summed E-state index contributed by atoms with van der Waals surface area (Å²) in [5.74, 6) is -1.51. The first-order chi connectivity index (χ1) is 34.3. The van der Waals surface area contributed by atoms with Crippen LogP contribution in [-0.2, 0) is 42.9 Å². The lowest BCUT2D eigenvalue weighted by Gasteiger charge is -2.44. The molecule has 3 aromatic heterocycles. The topological polar surface area (TPSA) is 170 Å². The van der Waals surface area contributed by atoms with Crippen LogP contribution in [-0.4, -0.2) is 99.4 Å². The highest BCUT2D eigenvalue weighted by molar-refractivity contribution is 7.09. The summed E-state index contributed by atoms with van der Waals surface area (Å²) < 4.78 is 69.6. The van der Waals surface area contributed by atoms with E-state index in [2.05, 4.69) is 79.0 Å². The highest BCUT2D eigenvalue weighted by Gasteiger charge is 2.51. The van der Waals surface area contributed by atoms with E-state index in [4.69, 9.17) is 18.9 Å². The predicted molar refractivity (Wildman–Crippen MR) is 279 cm³/mol. The normalized spacial score (nSPS) is 15.8. The third-order valence-corrected chi connectivity index (χ3v) is 18.7. The smallest absolute Gasteiger partial charge is 0.408 e. The molecule has 3 N–H and O–H groups in total. The quantitative estimate of drug-likeness (QED) is 0.0744. The number of halogens is 3. The van der Waals surface area contributed by atoms with Crippen molar-refractivity contribution in [1.82, 2.24) is 34.7 Å². The summed E-state index contributed by atoms with van der Waals surface area (Å²) >= 11 is 1.04. The number of nitrogens with one attached hydrogen (secondary N) is 2. The maximum Gasteiger partial charge on any atom is 0.408 e. The largest absolute Gasteiger partial charge is 0.480 e. The molecule has 19 heteroatoms. The Morgan fingerprint density at radius 1 is 0.932 bits per heavy atom. The fraction of sp³-hybridized carbons (Fsp3) is 0.444. The molecule has 4 heterocycles.